The molecule has 120 valence electrons. The summed E-state index contributed by atoms with van der Waals surface area (Å²) in [4.78, 5) is 12.3. The molecule has 0 N–H and O–H groups in total. The molecule has 0 spiro atoms. The van der Waals surface area contributed by atoms with E-state index in [1.807, 2.05) is 11.1 Å². The molecule has 4 heteroatoms. The van der Waals surface area contributed by atoms with Crippen molar-refractivity contribution in [2.24, 2.45) is 0 Å². The highest BCUT2D eigenvalue weighted by atomic mass is 16.6. The van der Waals surface area contributed by atoms with Crippen LogP contribution >= 0.6 is 0 Å². The second kappa shape index (κ2) is 7.14. The number of rotatable bonds is 5. The van der Waals surface area contributed by atoms with Crippen molar-refractivity contribution in [2.45, 2.75) is 57.5 Å². The third-order valence-electron chi connectivity index (χ3n) is 4.74. The van der Waals surface area contributed by atoms with Gasteiger partial charge in [0.05, 0.1) is 6.04 Å². The first-order valence-corrected chi connectivity index (χ1v) is 8.56. The van der Waals surface area contributed by atoms with Gasteiger partial charge in [-0.1, -0.05) is 50.1 Å². The van der Waals surface area contributed by atoms with Crippen molar-refractivity contribution in [1.82, 2.24) is 10.0 Å². The van der Waals surface area contributed by atoms with E-state index in [-0.39, 0.29) is 12.1 Å². The molecule has 0 radical (unpaired) electrons. The van der Waals surface area contributed by atoms with Crippen LogP contribution in [0.3, 0.4) is 0 Å². The summed E-state index contributed by atoms with van der Waals surface area (Å²) in [5.41, 5.74) is 1.26. The van der Waals surface area contributed by atoms with Crippen LogP contribution in [0.15, 0.2) is 30.3 Å². The van der Waals surface area contributed by atoms with Gasteiger partial charge in [0.1, 0.15) is 6.61 Å². The summed E-state index contributed by atoms with van der Waals surface area (Å²) in [7, 11) is 0. The van der Waals surface area contributed by atoms with Gasteiger partial charge in [-0.3, -0.25) is 0 Å². The Bertz CT molecular complexity index is 489. The topological polar surface area (TPSA) is 32.8 Å². The van der Waals surface area contributed by atoms with Gasteiger partial charge in [0.25, 0.3) is 0 Å². The normalized spacial score (nSPS) is 26.2. The van der Waals surface area contributed by atoms with Crippen LogP contribution in [0.5, 0.6) is 0 Å². The minimum absolute atomic E-state index is 0.132. The number of cyclic esters (lactones) is 1. The SMILES string of the molecule is CCC[C@H]1CCCCN1N1C(=O)OC[C@@H]1Cc1ccccc1. The van der Waals surface area contributed by atoms with Crippen molar-refractivity contribution >= 4 is 6.09 Å². The summed E-state index contributed by atoms with van der Waals surface area (Å²) in [6.07, 6.45) is 6.64. The Hall–Kier alpha value is -1.55. The molecule has 1 aromatic rings. The molecule has 2 heterocycles. The Morgan fingerprint density at radius 1 is 1.18 bits per heavy atom. The standard InChI is InChI=1S/C18H26N2O2/c1-2-8-16-11-6-7-12-19(16)20-17(14-22-18(20)21)13-15-9-4-3-5-10-15/h3-5,9-10,16-17H,2,6-8,11-14H2,1H3/t16-,17-/m0/s1. The summed E-state index contributed by atoms with van der Waals surface area (Å²) in [5.74, 6) is 0. The summed E-state index contributed by atoms with van der Waals surface area (Å²) in [6, 6.07) is 11.0. The van der Waals surface area contributed by atoms with Crippen molar-refractivity contribution in [1.29, 1.82) is 0 Å². The second-order valence-corrected chi connectivity index (χ2v) is 6.37. The number of benzene rings is 1. The summed E-state index contributed by atoms with van der Waals surface area (Å²) in [6.45, 7) is 3.70. The highest BCUT2D eigenvalue weighted by Crippen LogP contribution is 2.28. The first kappa shape index (κ1) is 15.3. The van der Waals surface area contributed by atoms with E-state index in [0.717, 1.165) is 25.8 Å². The molecule has 0 aromatic heterocycles. The smallest absolute Gasteiger partial charge is 0.424 e. The number of carbonyl (C=O) groups excluding carboxylic acids is 1. The molecule has 1 amide bonds. The zero-order valence-electron chi connectivity index (χ0n) is 13.4. The molecular formula is C18H26N2O2. The van der Waals surface area contributed by atoms with Gasteiger partial charge in [0, 0.05) is 12.6 Å². The Balaban J connectivity index is 1.74. The molecule has 2 atom stereocenters. The molecule has 2 fully saturated rings. The summed E-state index contributed by atoms with van der Waals surface area (Å²) < 4.78 is 5.38. The second-order valence-electron chi connectivity index (χ2n) is 6.37. The monoisotopic (exact) mass is 302 g/mol. The molecule has 0 bridgehead atoms. The summed E-state index contributed by atoms with van der Waals surface area (Å²) >= 11 is 0. The van der Waals surface area contributed by atoms with E-state index in [4.69, 9.17) is 4.74 Å². The van der Waals surface area contributed by atoms with Crippen LogP contribution in [0.1, 0.15) is 44.6 Å². The van der Waals surface area contributed by atoms with Gasteiger partial charge >= 0.3 is 6.09 Å². The Labute approximate surface area is 133 Å². The van der Waals surface area contributed by atoms with Crippen LogP contribution in [-0.2, 0) is 11.2 Å². The van der Waals surface area contributed by atoms with E-state index in [0.29, 0.717) is 12.6 Å². The molecule has 4 nitrogen and oxygen atoms in total. The maximum Gasteiger partial charge on any atom is 0.424 e. The fraction of sp³-hybridized carbons (Fsp3) is 0.611. The Kier molecular flexibility index (Phi) is 4.98. The number of hydrogen-bond donors (Lipinski definition) is 0. The molecule has 0 aliphatic carbocycles. The Morgan fingerprint density at radius 3 is 2.77 bits per heavy atom. The number of hydrogen-bond acceptors (Lipinski definition) is 3. The maximum atomic E-state index is 12.3. The van der Waals surface area contributed by atoms with Gasteiger partial charge in [0.15, 0.2) is 0 Å². The molecule has 1 aromatic carbocycles. The highest BCUT2D eigenvalue weighted by molar-refractivity contribution is 5.69. The van der Waals surface area contributed by atoms with Crippen LogP contribution in [0, 0.1) is 0 Å². The van der Waals surface area contributed by atoms with Crippen molar-refractivity contribution in [2.75, 3.05) is 13.2 Å². The molecule has 2 saturated heterocycles. The van der Waals surface area contributed by atoms with Crippen LogP contribution in [0.2, 0.25) is 0 Å². The Morgan fingerprint density at radius 2 is 2.00 bits per heavy atom. The van der Waals surface area contributed by atoms with E-state index in [9.17, 15) is 4.79 Å². The number of ether oxygens (including phenoxy) is 1. The van der Waals surface area contributed by atoms with Gasteiger partial charge in [0.2, 0.25) is 0 Å². The lowest BCUT2D eigenvalue weighted by Gasteiger charge is -2.42. The number of carbonyl (C=O) groups is 1. The van der Waals surface area contributed by atoms with Crippen molar-refractivity contribution in [3.63, 3.8) is 0 Å². The van der Waals surface area contributed by atoms with Crippen LogP contribution in [-0.4, -0.2) is 41.3 Å². The fourth-order valence-electron chi connectivity index (χ4n) is 3.70. The van der Waals surface area contributed by atoms with Crippen LogP contribution in [0.25, 0.3) is 0 Å². The third kappa shape index (κ3) is 3.27. The van der Waals surface area contributed by atoms with Crippen molar-refractivity contribution in [3.8, 4) is 0 Å². The quantitative estimate of drug-likeness (QED) is 0.833. The van der Waals surface area contributed by atoms with Crippen LogP contribution in [0.4, 0.5) is 4.79 Å². The third-order valence-corrected chi connectivity index (χ3v) is 4.74. The van der Waals surface area contributed by atoms with Gasteiger partial charge in [-0.2, -0.15) is 0 Å². The minimum atomic E-state index is -0.163. The summed E-state index contributed by atoms with van der Waals surface area (Å²) in [5, 5.41) is 4.22. The molecule has 2 aliphatic heterocycles. The predicted molar refractivity (Wildman–Crippen MR) is 86.4 cm³/mol. The molecule has 22 heavy (non-hydrogen) atoms. The van der Waals surface area contributed by atoms with E-state index in [2.05, 4.69) is 36.2 Å². The van der Waals surface area contributed by atoms with Crippen molar-refractivity contribution in [3.05, 3.63) is 35.9 Å². The van der Waals surface area contributed by atoms with E-state index < -0.39 is 0 Å². The molecule has 0 saturated carbocycles. The number of amides is 1. The lowest BCUT2D eigenvalue weighted by Crippen LogP contribution is -2.55. The number of piperidine rings is 1. The largest absolute Gasteiger partial charge is 0.446 e. The number of nitrogens with zero attached hydrogens (tertiary/aromatic N) is 2. The minimum Gasteiger partial charge on any atom is -0.446 e. The average Bonchev–Trinajstić information content (AvgIpc) is 2.90. The lowest BCUT2D eigenvalue weighted by molar-refractivity contribution is -0.0580. The van der Waals surface area contributed by atoms with Gasteiger partial charge in [-0.15, -0.1) is 0 Å². The molecule has 0 unspecified atom stereocenters. The van der Waals surface area contributed by atoms with E-state index in [1.54, 1.807) is 0 Å². The van der Waals surface area contributed by atoms with E-state index >= 15 is 0 Å². The maximum absolute atomic E-state index is 12.3. The number of hydrazine groups is 1. The zero-order chi connectivity index (χ0) is 15.4. The van der Waals surface area contributed by atoms with Crippen LogP contribution < -0.4 is 0 Å². The van der Waals surface area contributed by atoms with Gasteiger partial charge in [-0.05, 0) is 31.2 Å². The van der Waals surface area contributed by atoms with Gasteiger partial charge in [-0.25, -0.2) is 14.8 Å². The molecular weight excluding hydrogens is 276 g/mol. The fourth-order valence-corrected chi connectivity index (χ4v) is 3.70. The predicted octanol–water partition coefficient (Wildman–Crippen LogP) is 3.62. The first-order chi connectivity index (χ1) is 10.8. The molecule has 2 aliphatic rings. The van der Waals surface area contributed by atoms with Crippen molar-refractivity contribution < 1.29 is 9.53 Å². The highest BCUT2D eigenvalue weighted by Gasteiger charge is 2.40. The molecule has 3 rings (SSSR count). The average molecular weight is 302 g/mol. The first-order valence-electron chi connectivity index (χ1n) is 8.56. The van der Waals surface area contributed by atoms with Gasteiger partial charge < -0.3 is 4.74 Å². The van der Waals surface area contributed by atoms with E-state index in [1.165, 1.54) is 24.8 Å². The lowest BCUT2D eigenvalue weighted by atomic mass is 9.99. The zero-order valence-corrected chi connectivity index (χ0v) is 13.4.